The molecule has 2 rings (SSSR count). The molecule has 1 aromatic rings. The molecule has 1 aromatic heterocycles. The van der Waals surface area contributed by atoms with Gasteiger partial charge in [0.1, 0.15) is 6.54 Å². The summed E-state index contributed by atoms with van der Waals surface area (Å²) in [6.45, 7) is 3.92. The molecular weight excluding hydrogens is 284 g/mol. The fraction of sp³-hybridized carbons (Fsp3) is 0.533. The Kier molecular flexibility index (Phi) is 6.14. The average Bonchev–Trinajstić information content (AvgIpc) is 2.59. The predicted octanol–water partition coefficient (Wildman–Crippen LogP) is 0.124. The zero-order valence-electron chi connectivity index (χ0n) is 12.8. The van der Waals surface area contributed by atoms with Gasteiger partial charge in [0, 0.05) is 45.1 Å². The maximum atomic E-state index is 11.9. The van der Waals surface area contributed by atoms with Crippen molar-refractivity contribution in [1.82, 2.24) is 20.1 Å². The molecule has 1 N–H and O–H groups in total. The highest BCUT2D eigenvalue weighted by molar-refractivity contribution is 5.80. The fourth-order valence-electron chi connectivity index (χ4n) is 2.34. The Hall–Kier alpha value is -2.15. The summed E-state index contributed by atoms with van der Waals surface area (Å²) in [7, 11) is 1.30. The van der Waals surface area contributed by atoms with E-state index in [-0.39, 0.29) is 12.6 Å². The van der Waals surface area contributed by atoms with Crippen molar-refractivity contribution in [3.8, 4) is 0 Å². The third-order valence-corrected chi connectivity index (χ3v) is 3.74. The van der Waals surface area contributed by atoms with Crippen molar-refractivity contribution in [2.45, 2.75) is 6.42 Å². The van der Waals surface area contributed by atoms with Gasteiger partial charge in [-0.1, -0.05) is 0 Å². The number of hydrogen-bond acceptors (Lipinski definition) is 5. The fourth-order valence-corrected chi connectivity index (χ4v) is 2.34. The van der Waals surface area contributed by atoms with Gasteiger partial charge in [0.05, 0.1) is 7.11 Å². The molecule has 0 aliphatic carbocycles. The summed E-state index contributed by atoms with van der Waals surface area (Å²) in [6, 6.07) is 3.84. The van der Waals surface area contributed by atoms with Crippen LogP contribution in [0.4, 0.5) is 4.79 Å². The van der Waals surface area contributed by atoms with Crippen molar-refractivity contribution in [2.24, 2.45) is 0 Å². The highest BCUT2D eigenvalue weighted by atomic mass is 16.5. The minimum absolute atomic E-state index is 0.0857. The number of nitrogens with zero attached hydrogens (tertiary/aromatic N) is 3. The number of piperazine rings is 1. The summed E-state index contributed by atoms with van der Waals surface area (Å²) >= 11 is 0. The van der Waals surface area contributed by atoms with Crippen LogP contribution >= 0.6 is 0 Å². The molecule has 0 unspecified atom stereocenters. The van der Waals surface area contributed by atoms with Crippen LogP contribution in [0.3, 0.4) is 0 Å². The van der Waals surface area contributed by atoms with Gasteiger partial charge < -0.3 is 15.0 Å². The Balaban J connectivity index is 1.67. The summed E-state index contributed by atoms with van der Waals surface area (Å²) in [5.41, 5.74) is 1.27. The smallest absolute Gasteiger partial charge is 0.325 e. The van der Waals surface area contributed by atoms with Crippen molar-refractivity contribution in [3.63, 3.8) is 0 Å². The van der Waals surface area contributed by atoms with E-state index in [4.69, 9.17) is 0 Å². The molecule has 2 heterocycles. The lowest BCUT2D eigenvalue weighted by Gasteiger charge is -2.34. The van der Waals surface area contributed by atoms with Crippen LogP contribution in [0.25, 0.3) is 0 Å². The van der Waals surface area contributed by atoms with E-state index in [1.165, 1.54) is 12.7 Å². The lowest BCUT2D eigenvalue weighted by molar-refractivity contribution is -0.139. The lowest BCUT2D eigenvalue weighted by atomic mass is 10.2. The number of amides is 2. The maximum absolute atomic E-state index is 11.9. The number of ether oxygens (including phenoxy) is 1. The van der Waals surface area contributed by atoms with Gasteiger partial charge in [0.2, 0.25) is 0 Å². The normalized spacial score (nSPS) is 15.4. The molecule has 1 fully saturated rings. The molecule has 0 atom stereocenters. The topological polar surface area (TPSA) is 74.8 Å². The number of hydrogen-bond donors (Lipinski definition) is 1. The van der Waals surface area contributed by atoms with E-state index in [2.05, 4.69) is 19.9 Å². The van der Waals surface area contributed by atoms with Crippen molar-refractivity contribution < 1.29 is 14.3 Å². The first-order chi connectivity index (χ1) is 10.7. The molecule has 2 amide bonds. The van der Waals surface area contributed by atoms with Crippen LogP contribution in [-0.2, 0) is 16.0 Å². The molecule has 22 heavy (non-hydrogen) atoms. The molecule has 7 heteroatoms. The van der Waals surface area contributed by atoms with Gasteiger partial charge in [-0.05, 0) is 24.1 Å². The molecule has 0 saturated carbocycles. The van der Waals surface area contributed by atoms with Gasteiger partial charge in [-0.25, -0.2) is 4.79 Å². The van der Waals surface area contributed by atoms with Crippen LogP contribution in [0, 0.1) is 0 Å². The van der Waals surface area contributed by atoms with E-state index in [0.29, 0.717) is 13.1 Å². The molecule has 0 bridgehead atoms. The van der Waals surface area contributed by atoms with Crippen LogP contribution in [0.15, 0.2) is 24.5 Å². The van der Waals surface area contributed by atoms with E-state index >= 15 is 0 Å². The Morgan fingerprint density at radius 2 is 1.91 bits per heavy atom. The van der Waals surface area contributed by atoms with Crippen molar-refractivity contribution in [3.05, 3.63) is 30.1 Å². The number of aromatic nitrogens is 1. The molecule has 1 aliphatic rings. The first-order valence-electron chi connectivity index (χ1n) is 7.40. The van der Waals surface area contributed by atoms with Crippen LogP contribution < -0.4 is 5.32 Å². The first-order valence-corrected chi connectivity index (χ1v) is 7.40. The summed E-state index contributed by atoms with van der Waals surface area (Å²) in [4.78, 5) is 31.0. The number of rotatable bonds is 5. The van der Waals surface area contributed by atoms with Gasteiger partial charge in [0.15, 0.2) is 0 Å². The van der Waals surface area contributed by atoms with Gasteiger partial charge in [0.25, 0.3) is 0 Å². The number of nitrogens with one attached hydrogen (secondary N) is 1. The Bertz CT molecular complexity index is 487. The third-order valence-electron chi connectivity index (χ3n) is 3.74. The molecule has 120 valence electrons. The zero-order valence-corrected chi connectivity index (χ0v) is 12.8. The standard InChI is InChI=1S/C15H22N4O3/c1-22-14(20)12-17-15(21)19-10-8-18(9-11-19)7-4-13-2-5-16-6-3-13/h2-3,5-6H,4,7-12H2,1H3,(H,17,21). The number of esters is 1. The quantitative estimate of drug-likeness (QED) is 0.782. The second kappa shape index (κ2) is 8.33. The molecule has 1 saturated heterocycles. The Labute approximate surface area is 130 Å². The Morgan fingerprint density at radius 1 is 1.23 bits per heavy atom. The van der Waals surface area contributed by atoms with Gasteiger partial charge in [-0.2, -0.15) is 0 Å². The predicted molar refractivity (Wildman–Crippen MR) is 81.4 cm³/mol. The molecule has 0 radical (unpaired) electrons. The number of urea groups is 1. The van der Waals surface area contributed by atoms with Gasteiger partial charge >= 0.3 is 12.0 Å². The maximum Gasteiger partial charge on any atom is 0.325 e. The van der Waals surface area contributed by atoms with Crippen LogP contribution in [0.2, 0.25) is 0 Å². The monoisotopic (exact) mass is 306 g/mol. The van der Waals surface area contributed by atoms with E-state index < -0.39 is 5.97 Å². The SMILES string of the molecule is COC(=O)CNC(=O)N1CCN(CCc2ccncc2)CC1. The lowest BCUT2D eigenvalue weighted by Crippen LogP contribution is -2.52. The molecule has 0 spiro atoms. The zero-order chi connectivity index (χ0) is 15.8. The second-order valence-corrected chi connectivity index (χ2v) is 5.17. The minimum atomic E-state index is -0.440. The molecule has 7 nitrogen and oxygen atoms in total. The number of pyridine rings is 1. The molecule has 1 aliphatic heterocycles. The van der Waals surface area contributed by atoms with E-state index in [1.807, 2.05) is 12.1 Å². The summed E-state index contributed by atoms with van der Waals surface area (Å²) < 4.78 is 4.49. The van der Waals surface area contributed by atoms with E-state index in [1.54, 1.807) is 17.3 Å². The summed E-state index contributed by atoms with van der Waals surface area (Å²) in [5.74, 6) is -0.440. The van der Waals surface area contributed by atoms with Gasteiger partial charge in [-0.15, -0.1) is 0 Å². The highest BCUT2D eigenvalue weighted by Gasteiger charge is 2.21. The highest BCUT2D eigenvalue weighted by Crippen LogP contribution is 2.05. The first kappa shape index (κ1) is 16.2. The van der Waals surface area contributed by atoms with Crippen molar-refractivity contribution in [1.29, 1.82) is 0 Å². The Morgan fingerprint density at radius 3 is 2.55 bits per heavy atom. The number of carbonyl (C=O) groups is 2. The largest absolute Gasteiger partial charge is 0.468 e. The van der Waals surface area contributed by atoms with Crippen LogP contribution in [-0.4, -0.2) is 73.2 Å². The molecule has 0 aromatic carbocycles. The average molecular weight is 306 g/mol. The van der Waals surface area contributed by atoms with Crippen molar-refractivity contribution in [2.75, 3.05) is 46.4 Å². The van der Waals surface area contributed by atoms with Gasteiger partial charge in [-0.3, -0.25) is 14.7 Å². The second-order valence-electron chi connectivity index (χ2n) is 5.17. The summed E-state index contributed by atoms with van der Waals surface area (Å²) in [6.07, 6.45) is 4.59. The van der Waals surface area contributed by atoms with E-state index in [0.717, 1.165) is 26.1 Å². The van der Waals surface area contributed by atoms with Crippen molar-refractivity contribution >= 4 is 12.0 Å². The molecular formula is C15H22N4O3. The van der Waals surface area contributed by atoms with Crippen LogP contribution in [0.1, 0.15) is 5.56 Å². The van der Waals surface area contributed by atoms with E-state index in [9.17, 15) is 9.59 Å². The summed E-state index contributed by atoms with van der Waals surface area (Å²) in [5, 5.41) is 2.56. The third kappa shape index (κ3) is 5.00. The van der Waals surface area contributed by atoms with Crippen LogP contribution in [0.5, 0.6) is 0 Å². The minimum Gasteiger partial charge on any atom is -0.468 e. The number of methoxy groups -OCH3 is 1. The number of carbonyl (C=O) groups excluding carboxylic acids is 2.